The fraction of sp³-hybridized carbons (Fsp3) is 0.471. The first-order valence-electron chi connectivity index (χ1n) is 8.42. The van der Waals surface area contributed by atoms with E-state index in [9.17, 15) is 5.11 Å². The van der Waals surface area contributed by atoms with E-state index in [1.165, 1.54) is 0 Å². The lowest BCUT2D eigenvalue weighted by atomic mass is 9.95. The Hall–Kier alpha value is -1.38. The molecule has 1 aliphatic rings. The molecule has 4 rings (SSSR count). The van der Waals surface area contributed by atoms with Crippen LogP contribution >= 0.6 is 27.7 Å². The predicted molar refractivity (Wildman–Crippen MR) is 104 cm³/mol. The molecule has 1 saturated heterocycles. The molecule has 1 atom stereocenters. The molecule has 4 heterocycles. The highest BCUT2D eigenvalue weighted by Crippen LogP contribution is 2.35. The van der Waals surface area contributed by atoms with Crippen molar-refractivity contribution >= 4 is 49.9 Å². The number of aliphatic hydroxyl groups is 1. The average Bonchev–Trinajstić information content (AvgIpc) is 3.03. The van der Waals surface area contributed by atoms with Gasteiger partial charge in [0.15, 0.2) is 5.16 Å². The Kier molecular flexibility index (Phi) is 4.37. The summed E-state index contributed by atoms with van der Waals surface area (Å²) in [4.78, 5) is 11.8. The molecule has 0 saturated carbocycles. The number of fused-ring (bicyclic) bond motifs is 3. The molecule has 3 aromatic heterocycles. The Labute approximate surface area is 158 Å². The molecule has 25 heavy (non-hydrogen) atoms. The number of hydrogen-bond acceptors (Lipinski definition) is 6. The SMILES string of the molecule is CCSc1nc(N2CCC[C@@](C)(O)C2)c2c(cc(Br)n3nccc23)n1. The van der Waals surface area contributed by atoms with Crippen molar-refractivity contribution in [1.82, 2.24) is 19.6 Å². The summed E-state index contributed by atoms with van der Waals surface area (Å²) < 4.78 is 2.71. The molecule has 6 nitrogen and oxygen atoms in total. The van der Waals surface area contributed by atoms with Gasteiger partial charge in [0.2, 0.25) is 0 Å². The number of piperidine rings is 1. The van der Waals surface area contributed by atoms with Crippen molar-refractivity contribution < 1.29 is 5.11 Å². The predicted octanol–water partition coefficient (Wildman–Crippen LogP) is 3.50. The highest BCUT2D eigenvalue weighted by atomic mass is 79.9. The third-order valence-corrected chi connectivity index (χ3v) is 5.80. The highest BCUT2D eigenvalue weighted by Gasteiger charge is 2.31. The van der Waals surface area contributed by atoms with Gasteiger partial charge in [0, 0.05) is 13.1 Å². The fourth-order valence-corrected chi connectivity index (χ4v) is 4.53. The first kappa shape index (κ1) is 17.1. The highest BCUT2D eigenvalue weighted by molar-refractivity contribution is 9.10. The Balaban J connectivity index is 1.98. The van der Waals surface area contributed by atoms with Crippen LogP contribution < -0.4 is 4.90 Å². The minimum Gasteiger partial charge on any atom is -0.388 e. The van der Waals surface area contributed by atoms with Gasteiger partial charge in [0.1, 0.15) is 10.4 Å². The lowest BCUT2D eigenvalue weighted by Crippen LogP contribution is -2.46. The Morgan fingerprint density at radius 1 is 1.40 bits per heavy atom. The zero-order chi connectivity index (χ0) is 17.6. The van der Waals surface area contributed by atoms with Crippen molar-refractivity contribution in [2.75, 3.05) is 23.7 Å². The average molecular weight is 422 g/mol. The molecular weight excluding hydrogens is 402 g/mol. The van der Waals surface area contributed by atoms with Crippen LogP contribution in [0.4, 0.5) is 5.82 Å². The summed E-state index contributed by atoms with van der Waals surface area (Å²) in [6.45, 7) is 5.45. The number of aromatic nitrogens is 4. The van der Waals surface area contributed by atoms with Gasteiger partial charge in [-0.05, 0) is 53.6 Å². The van der Waals surface area contributed by atoms with E-state index in [2.05, 4.69) is 32.9 Å². The van der Waals surface area contributed by atoms with E-state index in [-0.39, 0.29) is 0 Å². The van der Waals surface area contributed by atoms with Crippen LogP contribution in [-0.4, -0.2) is 49.1 Å². The van der Waals surface area contributed by atoms with Gasteiger partial charge in [0.05, 0.1) is 28.2 Å². The largest absolute Gasteiger partial charge is 0.388 e. The first-order valence-corrected chi connectivity index (χ1v) is 10.2. The molecule has 1 fully saturated rings. The first-order chi connectivity index (χ1) is 12.0. The summed E-state index contributed by atoms with van der Waals surface area (Å²) in [7, 11) is 0. The molecule has 0 radical (unpaired) electrons. The zero-order valence-corrected chi connectivity index (χ0v) is 16.6. The molecular formula is C17H20BrN5OS. The van der Waals surface area contributed by atoms with Gasteiger partial charge in [-0.1, -0.05) is 18.7 Å². The maximum absolute atomic E-state index is 10.6. The Morgan fingerprint density at radius 2 is 2.24 bits per heavy atom. The minimum atomic E-state index is -0.695. The van der Waals surface area contributed by atoms with E-state index in [1.54, 1.807) is 18.0 Å². The van der Waals surface area contributed by atoms with Gasteiger partial charge in [0.25, 0.3) is 0 Å². The van der Waals surface area contributed by atoms with Gasteiger partial charge >= 0.3 is 0 Å². The van der Waals surface area contributed by atoms with E-state index in [0.29, 0.717) is 6.54 Å². The number of nitrogens with zero attached hydrogens (tertiary/aromatic N) is 5. The van der Waals surface area contributed by atoms with Crippen LogP contribution in [0.3, 0.4) is 0 Å². The van der Waals surface area contributed by atoms with Gasteiger partial charge in [-0.3, -0.25) is 0 Å². The van der Waals surface area contributed by atoms with Crippen molar-refractivity contribution in [2.45, 2.75) is 37.4 Å². The normalized spacial score (nSPS) is 21.4. The lowest BCUT2D eigenvalue weighted by Gasteiger charge is -2.38. The van der Waals surface area contributed by atoms with Crippen LogP contribution in [-0.2, 0) is 0 Å². The number of thioether (sulfide) groups is 1. The Morgan fingerprint density at radius 3 is 3.00 bits per heavy atom. The summed E-state index contributed by atoms with van der Waals surface area (Å²) in [5.41, 5.74) is 1.17. The van der Waals surface area contributed by atoms with Gasteiger partial charge in [-0.2, -0.15) is 5.10 Å². The third kappa shape index (κ3) is 3.11. The molecule has 0 bridgehead atoms. The summed E-state index contributed by atoms with van der Waals surface area (Å²) in [5.74, 6) is 1.80. The third-order valence-electron chi connectivity index (χ3n) is 4.50. The number of rotatable bonds is 3. The van der Waals surface area contributed by atoms with Crippen LogP contribution in [0.1, 0.15) is 26.7 Å². The molecule has 8 heteroatoms. The quantitative estimate of drug-likeness (QED) is 0.396. The molecule has 0 unspecified atom stereocenters. The van der Waals surface area contributed by atoms with Gasteiger partial charge in [-0.25, -0.2) is 14.5 Å². The van der Waals surface area contributed by atoms with Crippen molar-refractivity contribution in [3.05, 3.63) is 22.9 Å². The lowest BCUT2D eigenvalue weighted by molar-refractivity contribution is 0.0447. The van der Waals surface area contributed by atoms with Crippen molar-refractivity contribution in [3.8, 4) is 0 Å². The maximum atomic E-state index is 10.6. The van der Waals surface area contributed by atoms with E-state index < -0.39 is 5.60 Å². The Bertz CT molecular complexity index is 942. The molecule has 1 N–H and O–H groups in total. The topological polar surface area (TPSA) is 66.5 Å². The van der Waals surface area contributed by atoms with E-state index in [1.807, 2.05) is 23.6 Å². The number of pyridine rings is 1. The van der Waals surface area contributed by atoms with Crippen LogP contribution in [0.2, 0.25) is 0 Å². The van der Waals surface area contributed by atoms with E-state index in [0.717, 1.165) is 57.1 Å². The number of hydrogen-bond donors (Lipinski definition) is 1. The molecule has 0 aromatic carbocycles. The van der Waals surface area contributed by atoms with Gasteiger partial charge in [-0.15, -0.1) is 0 Å². The fourth-order valence-electron chi connectivity index (χ4n) is 3.46. The van der Waals surface area contributed by atoms with Crippen molar-refractivity contribution in [1.29, 1.82) is 0 Å². The second kappa shape index (κ2) is 6.41. The molecule has 3 aromatic rings. The summed E-state index contributed by atoms with van der Waals surface area (Å²) >= 11 is 5.21. The van der Waals surface area contributed by atoms with Crippen molar-refractivity contribution in [2.24, 2.45) is 0 Å². The molecule has 0 spiro atoms. The van der Waals surface area contributed by atoms with E-state index in [4.69, 9.17) is 9.97 Å². The standard InChI is InChI=1S/C17H20BrN5OS/c1-3-25-16-20-11-9-13(18)23-12(5-7-19-23)14(11)15(21-16)22-8-4-6-17(2,24)10-22/h5,7,9,24H,3-4,6,8,10H2,1-2H3/t17-/m1/s1. The van der Waals surface area contributed by atoms with Gasteiger partial charge < -0.3 is 10.0 Å². The van der Waals surface area contributed by atoms with Crippen LogP contribution in [0, 0.1) is 0 Å². The molecule has 1 aliphatic heterocycles. The summed E-state index contributed by atoms with van der Waals surface area (Å²) in [5, 5.41) is 16.7. The smallest absolute Gasteiger partial charge is 0.190 e. The molecule has 0 amide bonds. The zero-order valence-electron chi connectivity index (χ0n) is 14.2. The molecule has 132 valence electrons. The van der Waals surface area contributed by atoms with Crippen LogP contribution in [0.15, 0.2) is 28.1 Å². The second-order valence-corrected chi connectivity index (χ2v) is 8.68. The summed E-state index contributed by atoms with van der Waals surface area (Å²) in [6.07, 6.45) is 3.54. The minimum absolute atomic E-state index is 0.575. The number of halogens is 1. The summed E-state index contributed by atoms with van der Waals surface area (Å²) in [6, 6.07) is 3.97. The van der Waals surface area contributed by atoms with Crippen LogP contribution in [0.5, 0.6) is 0 Å². The monoisotopic (exact) mass is 421 g/mol. The van der Waals surface area contributed by atoms with E-state index >= 15 is 0 Å². The van der Waals surface area contributed by atoms with Crippen molar-refractivity contribution in [3.63, 3.8) is 0 Å². The maximum Gasteiger partial charge on any atom is 0.190 e. The number of β-amino-alcohol motifs (C(OH)–C–C–N with tert-alkyl or cyclic N) is 1. The number of anilines is 1. The second-order valence-electron chi connectivity index (χ2n) is 6.64. The molecule has 0 aliphatic carbocycles. The van der Waals surface area contributed by atoms with Crippen LogP contribution in [0.25, 0.3) is 16.4 Å².